The van der Waals surface area contributed by atoms with Gasteiger partial charge in [0, 0.05) is 11.3 Å². The first-order chi connectivity index (χ1) is 15.1. The Morgan fingerprint density at radius 3 is 2.42 bits per heavy atom. The van der Waals surface area contributed by atoms with Crippen molar-refractivity contribution >= 4 is 35.0 Å². The third-order valence-electron chi connectivity index (χ3n) is 5.98. The number of methoxy groups -OCH3 is 1. The maximum Gasteiger partial charge on any atom is 0.269 e. The number of thioether (sulfide) groups is 1. The molecular weight excluding hydrogens is 408 g/mol. The number of aryl methyl sites for hydroxylation is 1. The van der Waals surface area contributed by atoms with Gasteiger partial charge in [0.05, 0.1) is 25.1 Å². The Hall–Kier alpha value is -3.25. The molecule has 1 saturated heterocycles. The van der Waals surface area contributed by atoms with Crippen LogP contribution in [-0.4, -0.2) is 24.7 Å². The highest BCUT2D eigenvalue weighted by molar-refractivity contribution is 8.02. The van der Waals surface area contributed by atoms with Crippen LogP contribution in [0.25, 0.3) is 0 Å². The number of benzene rings is 3. The van der Waals surface area contributed by atoms with E-state index in [0.717, 1.165) is 22.4 Å². The molecule has 0 aliphatic carbocycles. The van der Waals surface area contributed by atoms with Gasteiger partial charge in [-0.2, -0.15) is 0 Å². The molecule has 0 aromatic heterocycles. The molecule has 0 saturated carbocycles. The second-order valence-electron chi connectivity index (χ2n) is 7.69. The minimum absolute atomic E-state index is 0.0731. The molecule has 1 spiro atoms. The van der Waals surface area contributed by atoms with E-state index in [9.17, 15) is 9.59 Å². The van der Waals surface area contributed by atoms with Gasteiger partial charge in [-0.05, 0) is 48.4 Å². The number of hydrogen-bond donors (Lipinski definition) is 0. The SMILES string of the molecule is COc1ccc(N2C(=O)CSC23C(=O)N(Cc2ccccc2C)c2ccccc23)cc1. The zero-order chi connectivity index (χ0) is 21.6. The molecular formula is C25H22N2O3S. The normalized spacial score (nSPS) is 19.9. The van der Waals surface area contributed by atoms with Crippen molar-refractivity contribution in [2.24, 2.45) is 0 Å². The number of rotatable bonds is 4. The number of hydrogen-bond acceptors (Lipinski definition) is 4. The van der Waals surface area contributed by atoms with Crippen LogP contribution < -0.4 is 14.5 Å². The number of anilines is 2. The van der Waals surface area contributed by atoms with Crippen molar-refractivity contribution in [3.8, 4) is 5.75 Å². The van der Waals surface area contributed by atoms with Crippen molar-refractivity contribution in [1.82, 2.24) is 0 Å². The van der Waals surface area contributed by atoms with Crippen molar-refractivity contribution < 1.29 is 14.3 Å². The Balaban J connectivity index is 1.63. The van der Waals surface area contributed by atoms with E-state index >= 15 is 0 Å². The smallest absolute Gasteiger partial charge is 0.269 e. The van der Waals surface area contributed by atoms with E-state index in [-0.39, 0.29) is 17.6 Å². The molecule has 5 nitrogen and oxygen atoms in total. The fourth-order valence-electron chi connectivity index (χ4n) is 4.40. The van der Waals surface area contributed by atoms with Crippen LogP contribution in [0, 0.1) is 6.92 Å². The Labute approximate surface area is 185 Å². The Bertz CT molecular complexity index is 1180. The predicted molar refractivity (Wildman–Crippen MR) is 123 cm³/mol. The van der Waals surface area contributed by atoms with E-state index in [1.54, 1.807) is 12.0 Å². The van der Waals surface area contributed by atoms with Crippen LogP contribution in [0.2, 0.25) is 0 Å². The number of fused-ring (bicyclic) bond motifs is 2. The monoisotopic (exact) mass is 430 g/mol. The summed E-state index contributed by atoms with van der Waals surface area (Å²) < 4.78 is 5.26. The summed E-state index contributed by atoms with van der Waals surface area (Å²) in [6.07, 6.45) is 0. The minimum atomic E-state index is -1.09. The molecule has 156 valence electrons. The second kappa shape index (κ2) is 7.46. The van der Waals surface area contributed by atoms with Crippen molar-refractivity contribution in [3.63, 3.8) is 0 Å². The van der Waals surface area contributed by atoms with Crippen molar-refractivity contribution in [3.05, 3.63) is 89.5 Å². The first-order valence-corrected chi connectivity index (χ1v) is 11.1. The van der Waals surface area contributed by atoms with Crippen LogP contribution >= 0.6 is 11.8 Å². The molecule has 1 fully saturated rings. The van der Waals surface area contributed by atoms with Crippen LogP contribution in [0.5, 0.6) is 5.75 Å². The predicted octanol–water partition coefficient (Wildman–Crippen LogP) is 4.48. The number of carbonyl (C=O) groups excluding carboxylic acids is 2. The first-order valence-electron chi connectivity index (χ1n) is 10.1. The maximum atomic E-state index is 14.0. The lowest BCUT2D eigenvalue weighted by Crippen LogP contribution is -2.49. The van der Waals surface area contributed by atoms with Crippen molar-refractivity contribution in [2.45, 2.75) is 18.3 Å². The van der Waals surface area contributed by atoms with E-state index in [0.29, 0.717) is 18.0 Å². The van der Waals surface area contributed by atoms with Crippen molar-refractivity contribution in [2.75, 3.05) is 22.7 Å². The number of para-hydroxylation sites is 1. The standard InChI is InChI=1S/C25H22N2O3S/c1-17-7-3-4-8-18(17)15-26-22-10-6-5-9-21(22)25(24(26)29)27(23(28)16-31-25)19-11-13-20(30-2)14-12-19/h3-14H,15-16H2,1-2H3. The Kier molecular flexibility index (Phi) is 4.74. The largest absolute Gasteiger partial charge is 0.497 e. The van der Waals surface area contributed by atoms with E-state index in [2.05, 4.69) is 13.0 Å². The van der Waals surface area contributed by atoms with Gasteiger partial charge in [0.25, 0.3) is 5.91 Å². The van der Waals surface area contributed by atoms with Gasteiger partial charge in [0.1, 0.15) is 5.75 Å². The second-order valence-corrected chi connectivity index (χ2v) is 8.86. The molecule has 2 heterocycles. The first kappa shape index (κ1) is 19.7. The van der Waals surface area contributed by atoms with E-state index in [1.807, 2.05) is 71.6 Å². The van der Waals surface area contributed by atoms with Gasteiger partial charge in [-0.15, -0.1) is 11.8 Å². The summed E-state index contributed by atoms with van der Waals surface area (Å²) in [5.74, 6) is 0.806. The lowest BCUT2D eigenvalue weighted by atomic mass is 10.0. The molecule has 2 aliphatic heterocycles. The Morgan fingerprint density at radius 2 is 1.68 bits per heavy atom. The van der Waals surface area contributed by atoms with Gasteiger partial charge in [0.15, 0.2) is 0 Å². The van der Waals surface area contributed by atoms with E-state index in [1.165, 1.54) is 11.8 Å². The Morgan fingerprint density at radius 1 is 0.968 bits per heavy atom. The molecule has 6 heteroatoms. The highest BCUT2D eigenvalue weighted by atomic mass is 32.2. The lowest BCUT2D eigenvalue weighted by molar-refractivity contribution is -0.123. The van der Waals surface area contributed by atoms with Crippen LogP contribution in [0.1, 0.15) is 16.7 Å². The summed E-state index contributed by atoms with van der Waals surface area (Å²) in [7, 11) is 1.60. The lowest BCUT2D eigenvalue weighted by Gasteiger charge is -2.33. The molecule has 0 radical (unpaired) electrons. The average molecular weight is 431 g/mol. The average Bonchev–Trinajstić information content (AvgIpc) is 3.26. The number of ether oxygens (including phenoxy) is 1. The maximum absolute atomic E-state index is 14.0. The summed E-state index contributed by atoms with van der Waals surface area (Å²) in [5, 5.41) is 0. The molecule has 31 heavy (non-hydrogen) atoms. The number of carbonyl (C=O) groups is 2. The van der Waals surface area contributed by atoms with Crippen molar-refractivity contribution in [1.29, 1.82) is 0 Å². The minimum Gasteiger partial charge on any atom is -0.497 e. The summed E-state index contributed by atoms with van der Waals surface area (Å²) >= 11 is 1.40. The van der Waals surface area contributed by atoms with Gasteiger partial charge in [0.2, 0.25) is 10.8 Å². The van der Waals surface area contributed by atoms with Crippen LogP contribution in [0.4, 0.5) is 11.4 Å². The topological polar surface area (TPSA) is 49.9 Å². The summed E-state index contributed by atoms with van der Waals surface area (Å²) in [6, 6.07) is 23.2. The van der Waals surface area contributed by atoms with Gasteiger partial charge in [-0.3, -0.25) is 14.5 Å². The van der Waals surface area contributed by atoms with E-state index < -0.39 is 4.87 Å². The van der Waals surface area contributed by atoms with Crippen LogP contribution in [0.15, 0.2) is 72.8 Å². The highest BCUT2D eigenvalue weighted by Crippen LogP contribution is 2.56. The molecule has 2 amide bonds. The molecule has 0 N–H and O–H groups in total. The van der Waals surface area contributed by atoms with Gasteiger partial charge in [-0.1, -0.05) is 42.5 Å². The fraction of sp³-hybridized carbons (Fsp3) is 0.200. The molecule has 3 aromatic carbocycles. The molecule has 2 aliphatic rings. The molecule has 1 atom stereocenters. The zero-order valence-corrected chi connectivity index (χ0v) is 18.2. The van der Waals surface area contributed by atoms with Gasteiger partial charge < -0.3 is 9.64 Å². The molecule has 0 bridgehead atoms. The molecule has 3 aromatic rings. The summed E-state index contributed by atoms with van der Waals surface area (Å²) in [6.45, 7) is 2.52. The zero-order valence-electron chi connectivity index (χ0n) is 17.4. The van der Waals surface area contributed by atoms with Gasteiger partial charge >= 0.3 is 0 Å². The third-order valence-corrected chi connectivity index (χ3v) is 7.37. The van der Waals surface area contributed by atoms with Crippen LogP contribution in [-0.2, 0) is 21.0 Å². The van der Waals surface area contributed by atoms with Gasteiger partial charge in [-0.25, -0.2) is 0 Å². The quantitative estimate of drug-likeness (QED) is 0.612. The number of nitrogens with zero attached hydrogens (tertiary/aromatic N) is 2. The summed E-state index contributed by atoms with van der Waals surface area (Å²) in [5.41, 5.74) is 4.64. The number of amides is 2. The molecule has 5 rings (SSSR count). The summed E-state index contributed by atoms with van der Waals surface area (Å²) in [4.78, 5) is 29.5. The molecule has 1 unspecified atom stereocenters. The third kappa shape index (κ3) is 2.93. The fourth-order valence-corrected chi connectivity index (χ4v) is 5.76. The highest BCUT2D eigenvalue weighted by Gasteiger charge is 2.60. The van der Waals surface area contributed by atoms with Crippen LogP contribution in [0.3, 0.4) is 0 Å². The van der Waals surface area contributed by atoms with E-state index in [4.69, 9.17) is 4.74 Å².